The van der Waals surface area contributed by atoms with Crippen molar-refractivity contribution in [3.63, 3.8) is 0 Å². The highest BCUT2D eigenvalue weighted by molar-refractivity contribution is 7.13. The number of nitrogens with zero attached hydrogens (tertiary/aromatic N) is 3. The number of aromatic nitrogens is 2. The van der Waals surface area contributed by atoms with Crippen molar-refractivity contribution >= 4 is 17.2 Å². The van der Waals surface area contributed by atoms with Crippen LogP contribution >= 0.6 is 11.3 Å². The third-order valence-electron chi connectivity index (χ3n) is 3.88. The highest BCUT2D eigenvalue weighted by atomic mass is 32.1. The number of carbonyl (C=O) groups is 1. The van der Waals surface area contributed by atoms with Gasteiger partial charge < -0.3 is 4.90 Å². The van der Waals surface area contributed by atoms with E-state index in [1.807, 2.05) is 36.9 Å². The van der Waals surface area contributed by atoms with Crippen molar-refractivity contribution in [2.24, 2.45) is 0 Å². The van der Waals surface area contributed by atoms with Gasteiger partial charge in [-0.3, -0.25) is 4.79 Å². The molecule has 2 aromatic heterocycles. The van der Waals surface area contributed by atoms with Gasteiger partial charge in [-0.2, -0.15) is 0 Å². The molecule has 0 spiro atoms. The maximum atomic E-state index is 12.6. The first-order valence-electron chi connectivity index (χ1n) is 7.29. The van der Waals surface area contributed by atoms with E-state index in [4.69, 9.17) is 0 Å². The maximum absolute atomic E-state index is 12.6. The standard InChI is InChI=1S/C16H19N3OS/c1-11-5-6-15(21-11)16(20)19-9-3-4-13(10-19)14-7-8-17-12(2)18-14/h5-8,13H,3-4,9-10H2,1-2H3/t13-/m0/s1. The number of hydrogen-bond donors (Lipinski definition) is 0. The van der Waals surface area contributed by atoms with Gasteiger partial charge in [0, 0.05) is 35.8 Å². The van der Waals surface area contributed by atoms with E-state index in [-0.39, 0.29) is 5.91 Å². The van der Waals surface area contributed by atoms with Gasteiger partial charge in [0.1, 0.15) is 5.82 Å². The van der Waals surface area contributed by atoms with Gasteiger partial charge in [-0.25, -0.2) is 9.97 Å². The maximum Gasteiger partial charge on any atom is 0.263 e. The molecule has 0 bridgehead atoms. The first-order chi connectivity index (χ1) is 10.1. The average molecular weight is 301 g/mol. The minimum absolute atomic E-state index is 0.156. The molecule has 3 rings (SSSR count). The molecule has 4 nitrogen and oxygen atoms in total. The predicted molar refractivity (Wildman–Crippen MR) is 83.7 cm³/mol. The molecule has 5 heteroatoms. The lowest BCUT2D eigenvalue weighted by molar-refractivity contribution is 0.0711. The largest absolute Gasteiger partial charge is 0.337 e. The smallest absolute Gasteiger partial charge is 0.263 e. The molecule has 0 aliphatic carbocycles. The molecule has 1 atom stereocenters. The number of thiophene rings is 1. The number of amides is 1. The molecule has 0 N–H and O–H groups in total. The molecule has 0 radical (unpaired) electrons. The van der Waals surface area contributed by atoms with Gasteiger partial charge in [0.15, 0.2) is 0 Å². The fraction of sp³-hybridized carbons (Fsp3) is 0.438. The molecule has 21 heavy (non-hydrogen) atoms. The summed E-state index contributed by atoms with van der Waals surface area (Å²) in [6, 6.07) is 5.91. The zero-order valence-corrected chi connectivity index (χ0v) is 13.2. The topological polar surface area (TPSA) is 46.1 Å². The minimum Gasteiger partial charge on any atom is -0.337 e. The van der Waals surface area contributed by atoms with Crippen LogP contribution in [0.25, 0.3) is 0 Å². The molecule has 0 unspecified atom stereocenters. The predicted octanol–water partition coefficient (Wildman–Crippen LogP) is 3.17. The van der Waals surface area contributed by atoms with Crippen molar-refractivity contribution in [2.75, 3.05) is 13.1 Å². The number of rotatable bonds is 2. The normalized spacial score (nSPS) is 18.8. The number of hydrogen-bond acceptors (Lipinski definition) is 4. The Kier molecular flexibility index (Phi) is 4.01. The first kappa shape index (κ1) is 14.2. The Morgan fingerprint density at radius 2 is 2.19 bits per heavy atom. The van der Waals surface area contributed by atoms with E-state index in [0.717, 1.165) is 42.3 Å². The summed E-state index contributed by atoms with van der Waals surface area (Å²) in [5.74, 6) is 1.28. The summed E-state index contributed by atoms with van der Waals surface area (Å²) in [6.45, 7) is 5.54. The van der Waals surface area contributed by atoms with E-state index in [2.05, 4.69) is 9.97 Å². The Morgan fingerprint density at radius 3 is 2.90 bits per heavy atom. The molecule has 1 amide bonds. The lowest BCUT2D eigenvalue weighted by atomic mass is 9.94. The Labute approximate surface area is 128 Å². The molecule has 1 aliphatic rings. The number of likely N-dealkylation sites (tertiary alicyclic amines) is 1. The molecule has 1 aliphatic heterocycles. The van der Waals surface area contributed by atoms with E-state index < -0.39 is 0 Å². The van der Waals surface area contributed by atoms with Gasteiger partial charge in [0.05, 0.1) is 4.88 Å². The molecule has 0 aromatic carbocycles. The summed E-state index contributed by atoms with van der Waals surface area (Å²) in [6.07, 6.45) is 3.93. The van der Waals surface area contributed by atoms with Crippen LogP contribution in [0, 0.1) is 13.8 Å². The highest BCUT2D eigenvalue weighted by Crippen LogP contribution is 2.27. The van der Waals surface area contributed by atoms with Crippen LogP contribution < -0.4 is 0 Å². The third kappa shape index (κ3) is 3.13. The van der Waals surface area contributed by atoms with Crippen LogP contribution in [-0.2, 0) is 0 Å². The Morgan fingerprint density at radius 1 is 1.33 bits per heavy atom. The van der Waals surface area contributed by atoms with Crippen LogP contribution in [-0.4, -0.2) is 33.9 Å². The van der Waals surface area contributed by atoms with Gasteiger partial charge in [-0.15, -0.1) is 11.3 Å². The van der Waals surface area contributed by atoms with Gasteiger partial charge in [0.25, 0.3) is 5.91 Å². The van der Waals surface area contributed by atoms with Crippen LogP contribution in [0.2, 0.25) is 0 Å². The van der Waals surface area contributed by atoms with E-state index in [1.54, 1.807) is 17.5 Å². The second-order valence-corrected chi connectivity index (χ2v) is 6.82. The molecule has 3 heterocycles. The van der Waals surface area contributed by atoms with E-state index in [1.165, 1.54) is 4.88 Å². The molecule has 110 valence electrons. The fourth-order valence-corrected chi connectivity index (χ4v) is 3.65. The highest BCUT2D eigenvalue weighted by Gasteiger charge is 2.26. The zero-order chi connectivity index (χ0) is 14.8. The van der Waals surface area contributed by atoms with Gasteiger partial charge in [-0.1, -0.05) is 0 Å². The Hall–Kier alpha value is -1.75. The fourth-order valence-electron chi connectivity index (χ4n) is 2.81. The van der Waals surface area contributed by atoms with Crippen LogP contribution in [0.1, 0.15) is 44.8 Å². The summed E-state index contributed by atoms with van der Waals surface area (Å²) >= 11 is 1.57. The second-order valence-electron chi connectivity index (χ2n) is 5.53. The summed E-state index contributed by atoms with van der Waals surface area (Å²) in [4.78, 5) is 25.2. The average Bonchev–Trinajstić information content (AvgIpc) is 2.93. The third-order valence-corrected chi connectivity index (χ3v) is 4.86. The summed E-state index contributed by atoms with van der Waals surface area (Å²) < 4.78 is 0. The molecular weight excluding hydrogens is 282 g/mol. The van der Waals surface area contributed by atoms with Crippen molar-refractivity contribution in [1.29, 1.82) is 0 Å². The van der Waals surface area contributed by atoms with E-state index in [0.29, 0.717) is 5.92 Å². The lowest BCUT2D eigenvalue weighted by Crippen LogP contribution is -2.39. The Balaban J connectivity index is 1.75. The van der Waals surface area contributed by atoms with Crippen LogP contribution in [0.3, 0.4) is 0 Å². The van der Waals surface area contributed by atoms with E-state index >= 15 is 0 Å². The van der Waals surface area contributed by atoms with Gasteiger partial charge >= 0.3 is 0 Å². The number of aryl methyl sites for hydroxylation is 2. The van der Waals surface area contributed by atoms with Crippen LogP contribution in [0.4, 0.5) is 0 Å². The lowest BCUT2D eigenvalue weighted by Gasteiger charge is -2.32. The Bertz CT molecular complexity index is 652. The van der Waals surface area contributed by atoms with Crippen LogP contribution in [0.15, 0.2) is 24.4 Å². The van der Waals surface area contributed by atoms with Crippen molar-refractivity contribution in [3.8, 4) is 0 Å². The number of carbonyl (C=O) groups excluding carboxylic acids is 1. The molecule has 2 aromatic rings. The van der Waals surface area contributed by atoms with Crippen molar-refractivity contribution in [3.05, 3.63) is 45.7 Å². The molecule has 1 fully saturated rings. The monoisotopic (exact) mass is 301 g/mol. The molecular formula is C16H19N3OS. The van der Waals surface area contributed by atoms with Crippen molar-refractivity contribution in [2.45, 2.75) is 32.6 Å². The SMILES string of the molecule is Cc1nccc([C@H]2CCCN(C(=O)c3ccc(C)s3)C2)n1. The van der Waals surface area contributed by atoms with Crippen molar-refractivity contribution in [1.82, 2.24) is 14.9 Å². The van der Waals surface area contributed by atoms with Gasteiger partial charge in [0.2, 0.25) is 0 Å². The number of piperidine rings is 1. The summed E-state index contributed by atoms with van der Waals surface area (Å²) in [5, 5.41) is 0. The second kappa shape index (κ2) is 5.93. The molecule has 1 saturated heterocycles. The van der Waals surface area contributed by atoms with E-state index in [9.17, 15) is 4.79 Å². The summed E-state index contributed by atoms with van der Waals surface area (Å²) in [5.41, 5.74) is 1.06. The van der Waals surface area contributed by atoms with Crippen molar-refractivity contribution < 1.29 is 4.79 Å². The van der Waals surface area contributed by atoms with Gasteiger partial charge in [-0.05, 0) is 44.9 Å². The van der Waals surface area contributed by atoms with Crippen LogP contribution in [0.5, 0.6) is 0 Å². The quantitative estimate of drug-likeness (QED) is 0.856. The summed E-state index contributed by atoms with van der Waals surface area (Å²) in [7, 11) is 0. The minimum atomic E-state index is 0.156. The first-order valence-corrected chi connectivity index (χ1v) is 8.10. The molecule has 0 saturated carbocycles. The zero-order valence-electron chi connectivity index (χ0n) is 12.4.